The zero-order valence-electron chi connectivity index (χ0n) is 12.2. The molecule has 0 radical (unpaired) electrons. The second kappa shape index (κ2) is 6.65. The summed E-state index contributed by atoms with van der Waals surface area (Å²) in [5.41, 5.74) is -0.533. The molecule has 4 nitrogen and oxygen atoms in total. The van der Waals surface area contributed by atoms with Crippen molar-refractivity contribution in [1.82, 2.24) is 0 Å². The summed E-state index contributed by atoms with van der Waals surface area (Å²) in [6.07, 6.45) is -0.506. The molecule has 6 heteroatoms. The van der Waals surface area contributed by atoms with Gasteiger partial charge in [-0.3, -0.25) is 9.59 Å². The molecule has 1 atom stereocenters. The maximum atomic E-state index is 13.1. The summed E-state index contributed by atoms with van der Waals surface area (Å²) in [6, 6.07) is 2.80. The lowest BCUT2D eigenvalue weighted by molar-refractivity contribution is -0.159. The number of hydrogen-bond donors (Lipinski definition) is 1. The van der Waals surface area contributed by atoms with E-state index in [1.165, 1.54) is 0 Å². The summed E-state index contributed by atoms with van der Waals surface area (Å²) in [4.78, 5) is 22.8. The molecule has 1 aromatic carbocycles. The summed E-state index contributed by atoms with van der Waals surface area (Å²) >= 11 is 0. The van der Waals surface area contributed by atoms with Crippen molar-refractivity contribution in [1.29, 1.82) is 0 Å². The summed E-state index contributed by atoms with van der Waals surface area (Å²) in [5.74, 6) is -4.55. The Kier molecular flexibility index (Phi) is 5.41. The topological polar surface area (TPSA) is 63.6 Å². The Morgan fingerprint density at radius 1 is 1.19 bits per heavy atom. The molecular weight excluding hydrogens is 282 g/mol. The van der Waals surface area contributed by atoms with Crippen LogP contribution in [0.1, 0.15) is 32.8 Å². The van der Waals surface area contributed by atoms with E-state index in [4.69, 9.17) is 9.84 Å². The third kappa shape index (κ3) is 6.33. The fraction of sp³-hybridized carbons (Fsp3) is 0.467. The van der Waals surface area contributed by atoms with Crippen molar-refractivity contribution in [3.63, 3.8) is 0 Å². The highest BCUT2D eigenvalue weighted by Crippen LogP contribution is 2.18. The minimum absolute atomic E-state index is 0.150. The molecular formula is C15H18F2O4. The maximum Gasteiger partial charge on any atom is 0.307 e. The van der Waals surface area contributed by atoms with Crippen LogP contribution < -0.4 is 0 Å². The van der Waals surface area contributed by atoms with Crippen molar-refractivity contribution in [2.24, 2.45) is 5.92 Å². The van der Waals surface area contributed by atoms with Crippen LogP contribution in [0.5, 0.6) is 0 Å². The molecule has 0 heterocycles. The van der Waals surface area contributed by atoms with Crippen molar-refractivity contribution in [2.75, 3.05) is 0 Å². The van der Waals surface area contributed by atoms with E-state index in [0.717, 1.165) is 12.1 Å². The maximum absolute atomic E-state index is 13.1. The molecule has 0 saturated heterocycles. The lowest BCUT2D eigenvalue weighted by atomic mass is 9.96. The molecule has 0 aliphatic carbocycles. The molecule has 1 N–H and O–H groups in total. The van der Waals surface area contributed by atoms with Gasteiger partial charge in [0.15, 0.2) is 0 Å². The zero-order valence-corrected chi connectivity index (χ0v) is 12.2. The van der Waals surface area contributed by atoms with Gasteiger partial charge in [0.25, 0.3) is 0 Å². The van der Waals surface area contributed by atoms with Gasteiger partial charge in [-0.2, -0.15) is 0 Å². The Balaban J connectivity index is 2.78. The van der Waals surface area contributed by atoms with Crippen LogP contribution in [0.2, 0.25) is 0 Å². The van der Waals surface area contributed by atoms with Crippen LogP contribution in [0.15, 0.2) is 18.2 Å². The fourth-order valence-corrected chi connectivity index (χ4v) is 1.84. The predicted molar refractivity (Wildman–Crippen MR) is 71.6 cm³/mol. The van der Waals surface area contributed by atoms with E-state index in [-0.39, 0.29) is 18.4 Å². The van der Waals surface area contributed by atoms with E-state index >= 15 is 0 Å². The lowest BCUT2D eigenvalue weighted by Gasteiger charge is -2.21. The fourth-order valence-electron chi connectivity index (χ4n) is 1.84. The minimum atomic E-state index is -1.22. The average molecular weight is 300 g/mol. The Hall–Kier alpha value is -1.98. The Bertz CT molecular complexity index is 515. The number of halogens is 2. The van der Waals surface area contributed by atoms with Gasteiger partial charge in [-0.25, -0.2) is 8.78 Å². The second-order valence-corrected chi connectivity index (χ2v) is 5.81. The molecule has 0 bridgehead atoms. The van der Waals surface area contributed by atoms with E-state index in [1.54, 1.807) is 20.8 Å². The van der Waals surface area contributed by atoms with Crippen molar-refractivity contribution < 1.29 is 28.2 Å². The van der Waals surface area contributed by atoms with Crippen LogP contribution in [-0.4, -0.2) is 22.6 Å². The Labute approximate surface area is 121 Å². The summed E-state index contributed by atoms with van der Waals surface area (Å²) in [6.45, 7) is 5.01. The highest BCUT2D eigenvalue weighted by atomic mass is 19.1. The van der Waals surface area contributed by atoms with Crippen molar-refractivity contribution in [3.8, 4) is 0 Å². The minimum Gasteiger partial charge on any atom is -0.481 e. The molecule has 0 unspecified atom stereocenters. The van der Waals surface area contributed by atoms with Crippen LogP contribution in [0, 0.1) is 17.6 Å². The van der Waals surface area contributed by atoms with Crippen molar-refractivity contribution >= 4 is 11.9 Å². The first-order valence-electron chi connectivity index (χ1n) is 6.46. The first-order valence-corrected chi connectivity index (χ1v) is 6.46. The van der Waals surface area contributed by atoms with Crippen LogP contribution in [-0.2, 0) is 20.7 Å². The first-order chi connectivity index (χ1) is 9.56. The molecule has 1 rings (SSSR count). The van der Waals surface area contributed by atoms with Gasteiger partial charge < -0.3 is 9.84 Å². The lowest BCUT2D eigenvalue weighted by Crippen LogP contribution is -2.28. The standard InChI is InChI=1S/C15H18F2O4/c1-15(2,3)21-13(18)7-10(14(19)20)4-9-5-11(16)8-12(17)6-9/h5-6,8,10H,4,7H2,1-3H3,(H,19,20)/t10-/m1/s1. The molecule has 0 amide bonds. The van der Waals surface area contributed by atoms with Gasteiger partial charge in [-0.15, -0.1) is 0 Å². The van der Waals surface area contributed by atoms with E-state index in [2.05, 4.69) is 0 Å². The number of carbonyl (C=O) groups excluding carboxylic acids is 1. The van der Waals surface area contributed by atoms with Crippen LogP contribution in [0.25, 0.3) is 0 Å². The number of hydrogen-bond acceptors (Lipinski definition) is 3. The highest BCUT2D eigenvalue weighted by molar-refractivity contribution is 5.79. The molecule has 0 fully saturated rings. The van der Waals surface area contributed by atoms with Gasteiger partial charge in [0, 0.05) is 6.07 Å². The van der Waals surface area contributed by atoms with Crippen LogP contribution >= 0.6 is 0 Å². The highest BCUT2D eigenvalue weighted by Gasteiger charge is 2.25. The molecule has 0 aliphatic rings. The number of carboxylic acid groups (broad SMARTS) is 1. The number of carbonyl (C=O) groups is 2. The monoisotopic (exact) mass is 300 g/mol. The molecule has 21 heavy (non-hydrogen) atoms. The second-order valence-electron chi connectivity index (χ2n) is 5.81. The molecule has 0 aromatic heterocycles. The smallest absolute Gasteiger partial charge is 0.307 e. The van der Waals surface area contributed by atoms with Crippen LogP contribution in [0.3, 0.4) is 0 Å². The van der Waals surface area contributed by atoms with Crippen LogP contribution in [0.4, 0.5) is 8.78 Å². The normalized spacial score (nSPS) is 12.8. The number of carboxylic acids is 1. The Morgan fingerprint density at radius 3 is 2.14 bits per heavy atom. The van der Waals surface area contributed by atoms with Gasteiger partial charge in [0.1, 0.15) is 17.2 Å². The first kappa shape index (κ1) is 17.1. The number of aliphatic carboxylic acids is 1. The third-order valence-electron chi connectivity index (χ3n) is 2.59. The number of ether oxygens (including phenoxy) is 1. The van der Waals surface area contributed by atoms with Crippen molar-refractivity contribution in [3.05, 3.63) is 35.4 Å². The van der Waals surface area contributed by atoms with E-state index < -0.39 is 35.1 Å². The summed E-state index contributed by atoms with van der Waals surface area (Å²) in [7, 11) is 0. The Morgan fingerprint density at radius 2 is 1.71 bits per heavy atom. The quantitative estimate of drug-likeness (QED) is 0.849. The molecule has 1 aromatic rings. The van der Waals surface area contributed by atoms with E-state index in [1.807, 2.05) is 0 Å². The third-order valence-corrected chi connectivity index (χ3v) is 2.59. The SMILES string of the molecule is CC(C)(C)OC(=O)C[C@@H](Cc1cc(F)cc(F)c1)C(=O)O. The molecule has 0 aliphatic heterocycles. The number of benzene rings is 1. The predicted octanol–water partition coefficient (Wildman–Crippen LogP) is 2.94. The average Bonchev–Trinajstić information content (AvgIpc) is 2.23. The van der Waals surface area contributed by atoms with Gasteiger partial charge in [-0.1, -0.05) is 0 Å². The van der Waals surface area contributed by atoms with E-state index in [0.29, 0.717) is 6.07 Å². The molecule has 0 spiro atoms. The number of rotatable bonds is 5. The summed E-state index contributed by atoms with van der Waals surface area (Å²) in [5, 5.41) is 9.13. The van der Waals surface area contributed by atoms with Gasteiger partial charge in [-0.05, 0) is 44.9 Å². The number of esters is 1. The zero-order chi connectivity index (χ0) is 16.2. The van der Waals surface area contributed by atoms with Gasteiger partial charge in [0.2, 0.25) is 0 Å². The largest absolute Gasteiger partial charge is 0.481 e. The van der Waals surface area contributed by atoms with Gasteiger partial charge >= 0.3 is 11.9 Å². The summed E-state index contributed by atoms with van der Waals surface area (Å²) < 4.78 is 31.2. The molecule has 0 saturated carbocycles. The molecule has 116 valence electrons. The van der Waals surface area contributed by atoms with Crippen molar-refractivity contribution in [2.45, 2.75) is 39.2 Å². The van der Waals surface area contributed by atoms with Gasteiger partial charge in [0.05, 0.1) is 12.3 Å². The van der Waals surface area contributed by atoms with E-state index in [9.17, 15) is 18.4 Å².